The SMILES string of the molecule is CCCCNC(=O)[C@H](Cc1ccccc1)N(Cc1cccc(Cl)c1)C(=O)CSCc1ccc(Cl)cc1Cl. The molecule has 0 bridgehead atoms. The molecule has 2 amide bonds. The highest BCUT2D eigenvalue weighted by atomic mass is 35.5. The van der Waals surface area contributed by atoms with Gasteiger partial charge in [0.15, 0.2) is 0 Å². The Morgan fingerprint density at radius 3 is 2.35 bits per heavy atom. The molecule has 0 aliphatic rings. The molecule has 0 aromatic heterocycles. The minimum absolute atomic E-state index is 0.123. The van der Waals surface area contributed by atoms with Crippen molar-refractivity contribution in [3.8, 4) is 0 Å². The lowest BCUT2D eigenvalue weighted by atomic mass is 10.0. The maximum Gasteiger partial charge on any atom is 0.243 e. The average molecular weight is 578 g/mol. The van der Waals surface area contributed by atoms with Crippen molar-refractivity contribution in [2.75, 3.05) is 12.3 Å². The fourth-order valence-electron chi connectivity index (χ4n) is 3.86. The Morgan fingerprint density at radius 1 is 0.919 bits per heavy atom. The summed E-state index contributed by atoms with van der Waals surface area (Å²) in [7, 11) is 0. The van der Waals surface area contributed by atoms with Crippen LogP contribution in [0.1, 0.15) is 36.5 Å². The van der Waals surface area contributed by atoms with Gasteiger partial charge in [0.25, 0.3) is 0 Å². The summed E-state index contributed by atoms with van der Waals surface area (Å²) in [5, 5.41) is 4.76. The second-order valence-electron chi connectivity index (χ2n) is 8.73. The monoisotopic (exact) mass is 576 g/mol. The quantitative estimate of drug-likeness (QED) is 0.215. The number of nitrogens with zero attached hydrogens (tertiary/aromatic N) is 1. The van der Waals surface area contributed by atoms with Crippen LogP contribution < -0.4 is 5.32 Å². The van der Waals surface area contributed by atoms with Gasteiger partial charge in [0, 0.05) is 40.3 Å². The second kappa shape index (κ2) is 15.3. The molecule has 0 saturated heterocycles. The van der Waals surface area contributed by atoms with Crippen molar-refractivity contribution in [1.82, 2.24) is 10.2 Å². The van der Waals surface area contributed by atoms with E-state index in [2.05, 4.69) is 12.2 Å². The second-order valence-corrected chi connectivity index (χ2v) is 11.0. The van der Waals surface area contributed by atoms with E-state index in [0.29, 0.717) is 33.8 Å². The van der Waals surface area contributed by atoms with Crippen LogP contribution in [-0.4, -0.2) is 35.1 Å². The molecular weight excluding hydrogens is 547 g/mol. The van der Waals surface area contributed by atoms with Gasteiger partial charge in [-0.3, -0.25) is 9.59 Å². The summed E-state index contributed by atoms with van der Waals surface area (Å²) in [6, 6.07) is 21.9. The van der Waals surface area contributed by atoms with Gasteiger partial charge >= 0.3 is 0 Å². The topological polar surface area (TPSA) is 49.4 Å². The molecule has 8 heteroatoms. The number of carbonyl (C=O) groups excluding carboxylic acids is 2. The van der Waals surface area contributed by atoms with Crippen molar-refractivity contribution in [2.45, 2.75) is 44.5 Å². The zero-order chi connectivity index (χ0) is 26.6. The van der Waals surface area contributed by atoms with Crippen molar-refractivity contribution in [1.29, 1.82) is 0 Å². The van der Waals surface area contributed by atoms with Gasteiger partial charge in [-0.25, -0.2) is 0 Å². The van der Waals surface area contributed by atoms with Crippen molar-refractivity contribution < 1.29 is 9.59 Å². The molecule has 0 fully saturated rings. The molecule has 1 N–H and O–H groups in total. The number of halogens is 3. The Bertz CT molecular complexity index is 1180. The van der Waals surface area contributed by atoms with Crippen LogP contribution in [0.2, 0.25) is 15.1 Å². The lowest BCUT2D eigenvalue weighted by Crippen LogP contribution is -2.51. The lowest BCUT2D eigenvalue weighted by molar-refractivity contribution is -0.139. The van der Waals surface area contributed by atoms with Crippen molar-refractivity contribution in [3.63, 3.8) is 0 Å². The number of rotatable bonds is 13. The predicted molar refractivity (Wildman–Crippen MR) is 156 cm³/mol. The van der Waals surface area contributed by atoms with E-state index < -0.39 is 6.04 Å². The van der Waals surface area contributed by atoms with Crippen LogP contribution in [0.3, 0.4) is 0 Å². The highest BCUT2D eigenvalue weighted by Crippen LogP contribution is 2.25. The van der Waals surface area contributed by atoms with Crippen LogP contribution in [0.15, 0.2) is 72.8 Å². The molecule has 1 atom stereocenters. The zero-order valence-corrected chi connectivity index (χ0v) is 23.8. The molecular formula is C29H31Cl3N2O2S. The van der Waals surface area contributed by atoms with E-state index in [9.17, 15) is 9.59 Å². The first-order valence-electron chi connectivity index (χ1n) is 12.2. The van der Waals surface area contributed by atoms with E-state index in [-0.39, 0.29) is 24.1 Å². The van der Waals surface area contributed by atoms with Crippen LogP contribution >= 0.6 is 46.6 Å². The Balaban J connectivity index is 1.83. The van der Waals surface area contributed by atoms with Crippen LogP contribution in [0.4, 0.5) is 0 Å². The Kier molecular flexibility index (Phi) is 12.1. The number of hydrogen-bond donors (Lipinski definition) is 1. The van der Waals surface area contributed by atoms with E-state index in [1.807, 2.05) is 54.6 Å². The van der Waals surface area contributed by atoms with Crippen LogP contribution in [0.25, 0.3) is 0 Å². The normalized spacial score (nSPS) is 11.7. The summed E-state index contributed by atoms with van der Waals surface area (Å²) >= 11 is 20.0. The number of nitrogens with one attached hydrogen (secondary N) is 1. The molecule has 3 aromatic carbocycles. The average Bonchev–Trinajstić information content (AvgIpc) is 2.88. The molecule has 0 aliphatic carbocycles. The summed E-state index contributed by atoms with van der Waals surface area (Å²) in [6.07, 6.45) is 2.27. The Morgan fingerprint density at radius 2 is 1.65 bits per heavy atom. The number of hydrogen-bond acceptors (Lipinski definition) is 3. The Labute approximate surface area is 238 Å². The van der Waals surface area contributed by atoms with Crippen molar-refractivity contribution >= 4 is 58.4 Å². The van der Waals surface area contributed by atoms with Gasteiger partial charge in [0.2, 0.25) is 11.8 Å². The summed E-state index contributed by atoms with van der Waals surface area (Å²) in [5.74, 6) is 0.478. The van der Waals surface area contributed by atoms with Crippen LogP contribution in [-0.2, 0) is 28.3 Å². The number of amides is 2. The molecule has 4 nitrogen and oxygen atoms in total. The first-order valence-corrected chi connectivity index (χ1v) is 14.5. The third-order valence-electron chi connectivity index (χ3n) is 5.84. The van der Waals surface area contributed by atoms with Gasteiger partial charge in [-0.1, -0.05) is 96.7 Å². The highest BCUT2D eigenvalue weighted by molar-refractivity contribution is 7.99. The van der Waals surface area contributed by atoms with E-state index in [0.717, 1.165) is 29.5 Å². The number of unbranched alkanes of at least 4 members (excludes halogenated alkanes) is 1. The Hall–Kier alpha value is -2.18. The maximum absolute atomic E-state index is 13.7. The molecule has 0 heterocycles. The van der Waals surface area contributed by atoms with Gasteiger partial charge in [0.1, 0.15) is 6.04 Å². The molecule has 0 unspecified atom stereocenters. The molecule has 0 saturated carbocycles. The van der Waals surface area contributed by atoms with E-state index in [1.54, 1.807) is 23.1 Å². The lowest BCUT2D eigenvalue weighted by Gasteiger charge is -2.31. The fourth-order valence-corrected chi connectivity index (χ4v) is 5.54. The minimum Gasteiger partial charge on any atom is -0.354 e. The number of benzene rings is 3. The van der Waals surface area contributed by atoms with Gasteiger partial charge < -0.3 is 10.2 Å². The molecule has 0 aliphatic heterocycles. The molecule has 196 valence electrons. The van der Waals surface area contributed by atoms with Crippen LogP contribution in [0, 0.1) is 0 Å². The number of carbonyl (C=O) groups is 2. The van der Waals surface area contributed by atoms with Gasteiger partial charge in [-0.15, -0.1) is 11.8 Å². The van der Waals surface area contributed by atoms with E-state index in [1.165, 1.54) is 11.8 Å². The first kappa shape index (κ1) is 29.4. The third-order valence-corrected chi connectivity index (χ3v) is 7.63. The summed E-state index contributed by atoms with van der Waals surface area (Å²) in [4.78, 5) is 28.8. The fraction of sp³-hybridized carbons (Fsp3) is 0.310. The molecule has 3 rings (SSSR count). The van der Waals surface area contributed by atoms with Crippen molar-refractivity contribution in [3.05, 3.63) is 105 Å². The standard InChI is InChI=1S/C29H31Cl3N2O2S/c1-2-3-14-33-29(36)27(16-21-8-5-4-6-9-21)34(18-22-10-7-11-24(30)15-22)28(35)20-37-19-23-12-13-25(31)17-26(23)32/h4-13,15,17,27H,2-3,14,16,18-20H2,1H3,(H,33,36)/t27-/m0/s1. The highest BCUT2D eigenvalue weighted by Gasteiger charge is 2.30. The maximum atomic E-state index is 13.7. The van der Waals surface area contributed by atoms with Gasteiger partial charge in [0.05, 0.1) is 5.75 Å². The van der Waals surface area contributed by atoms with Gasteiger partial charge in [-0.2, -0.15) is 0 Å². The minimum atomic E-state index is -0.662. The van der Waals surface area contributed by atoms with Crippen molar-refractivity contribution in [2.24, 2.45) is 0 Å². The van der Waals surface area contributed by atoms with Crippen LogP contribution in [0.5, 0.6) is 0 Å². The summed E-state index contributed by atoms with van der Waals surface area (Å²) < 4.78 is 0. The predicted octanol–water partition coefficient (Wildman–Crippen LogP) is 7.44. The summed E-state index contributed by atoms with van der Waals surface area (Å²) in [5.41, 5.74) is 2.76. The number of thioether (sulfide) groups is 1. The van der Waals surface area contributed by atoms with E-state index in [4.69, 9.17) is 34.8 Å². The summed E-state index contributed by atoms with van der Waals surface area (Å²) in [6.45, 7) is 2.93. The largest absolute Gasteiger partial charge is 0.354 e. The molecule has 0 radical (unpaired) electrons. The van der Waals surface area contributed by atoms with E-state index >= 15 is 0 Å². The molecule has 37 heavy (non-hydrogen) atoms. The smallest absolute Gasteiger partial charge is 0.243 e. The first-order chi connectivity index (χ1) is 17.9. The zero-order valence-electron chi connectivity index (χ0n) is 20.8. The van der Waals surface area contributed by atoms with Gasteiger partial charge in [-0.05, 0) is 47.4 Å². The molecule has 0 spiro atoms. The molecule has 3 aromatic rings. The third kappa shape index (κ3) is 9.57.